The molecule has 0 radical (unpaired) electrons. The molecule has 2 aromatic rings. The van der Waals surface area contributed by atoms with E-state index in [0.717, 1.165) is 11.1 Å². The third-order valence-electron chi connectivity index (χ3n) is 2.94. The highest BCUT2D eigenvalue weighted by molar-refractivity contribution is 5.32. The molecule has 19 heavy (non-hydrogen) atoms. The lowest BCUT2D eigenvalue weighted by Gasteiger charge is -2.13. The van der Waals surface area contributed by atoms with Crippen LogP contribution in [0, 0.1) is 10.1 Å². The number of pyridine rings is 1. The monoisotopic (exact) mass is 257 g/mol. The van der Waals surface area contributed by atoms with Gasteiger partial charge in [-0.15, -0.1) is 0 Å². The van der Waals surface area contributed by atoms with E-state index in [1.54, 1.807) is 18.3 Å². The zero-order valence-corrected chi connectivity index (χ0v) is 10.6. The van der Waals surface area contributed by atoms with Gasteiger partial charge in [-0.25, -0.2) is 0 Å². The van der Waals surface area contributed by atoms with Crippen molar-refractivity contribution in [1.29, 1.82) is 0 Å². The quantitative estimate of drug-likeness (QED) is 0.660. The second-order valence-corrected chi connectivity index (χ2v) is 4.31. The number of nitrogens with zero attached hydrogens (tertiary/aromatic N) is 2. The van der Waals surface area contributed by atoms with E-state index in [4.69, 9.17) is 0 Å². The fourth-order valence-corrected chi connectivity index (χ4v) is 1.76. The van der Waals surface area contributed by atoms with E-state index in [0.29, 0.717) is 6.54 Å². The van der Waals surface area contributed by atoms with Crippen LogP contribution >= 0.6 is 0 Å². The molecule has 5 heteroatoms. The van der Waals surface area contributed by atoms with Crippen LogP contribution in [0.5, 0.6) is 0 Å². The van der Waals surface area contributed by atoms with E-state index < -0.39 is 4.92 Å². The van der Waals surface area contributed by atoms with Crippen molar-refractivity contribution in [1.82, 2.24) is 10.3 Å². The second-order valence-electron chi connectivity index (χ2n) is 4.31. The van der Waals surface area contributed by atoms with E-state index >= 15 is 0 Å². The van der Waals surface area contributed by atoms with Crippen LogP contribution in [0.4, 0.5) is 5.69 Å². The SMILES string of the molecule is C[C@H](NCc1ccc([N+](=O)[O-])cc1)c1cccnc1. The highest BCUT2D eigenvalue weighted by Crippen LogP contribution is 2.14. The van der Waals surface area contributed by atoms with Crippen LogP contribution in [0.1, 0.15) is 24.1 Å². The number of aromatic nitrogens is 1. The van der Waals surface area contributed by atoms with Gasteiger partial charge in [0.15, 0.2) is 0 Å². The lowest BCUT2D eigenvalue weighted by molar-refractivity contribution is -0.384. The minimum absolute atomic E-state index is 0.115. The summed E-state index contributed by atoms with van der Waals surface area (Å²) in [5.41, 5.74) is 2.25. The van der Waals surface area contributed by atoms with Gasteiger partial charge in [0, 0.05) is 37.1 Å². The summed E-state index contributed by atoms with van der Waals surface area (Å²) in [6.07, 6.45) is 3.57. The van der Waals surface area contributed by atoms with Crippen LogP contribution in [0.25, 0.3) is 0 Å². The van der Waals surface area contributed by atoms with Crippen LogP contribution in [0.3, 0.4) is 0 Å². The third kappa shape index (κ3) is 3.59. The van der Waals surface area contributed by atoms with Crippen LogP contribution in [0.15, 0.2) is 48.8 Å². The van der Waals surface area contributed by atoms with E-state index in [1.165, 1.54) is 12.1 Å². The van der Waals surface area contributed by atoms with Crippen molar-refractivity contribution in [2.24, 2.45) is 0 Å². The summed E-state index contributed by atoms with van der Waals surface area (Å²) in [4.78, 5) is 14.2. The first-order valence-electron chi connectivity index (χ1n) is 6.03. The van der Waals surface area contributed by atoms with E-state index in [9.17, 15) is 10.1 Å². The maximum absolute atomic E-state index is 10.5. The maximum Gasteiger partial charge on any atom is 0.269 e. The first-order chi connectivity index (χ1) is 9.16. The van der Waals surface area contributed by atoms with E-state index in [1.807, 2.05) is 18.3 Å². The van der Waals surface area contributed by atoms with Gasteiger partial charge >= 0.3 is 0 Å². The summed E-state index contributed by atoms with van der Waals surface area (Å²) in [5, 5.41) is 13.9. The van der Waals surface area contributed by atoms with Crippen molar-refractivity contribution in [2.45, 2.75) is 19.5 Å². The number of nitro groups is 1. The molecule has 1 aromatic heterocycles. The molecule has 0 spiro atoms. The second kappa shape index (κ2) is 6.06. The minimum atomic E-state index is -0.393. The predicted molar refractivity (Wildman–Crippen MR) is 72.6 cm³/mol. The van der Waals surface area contributed by atoms with Crippen LogP contribution in [-0.2, 0) is 6.54 Å². The van der Waals surface area contributed by atoms with Crippen molar-refractivity contribution >= 4 is 5.69 Å². The van der Waals surface area contributed by atoms with Crippen LogP contribution < -0.4 is 5.32 Å². The van der Waals surface area contributed by atoms with Crippen molar-refractivity contribution in [3.05, 3.63) is 70.0 Å². The zero-order chi connectivity index (χ0) is 13.7. The Morgan fingerprint density at radius 3 is 2.63 bits per heavy atom. The number of benzene rings is 1. The normalized spacial score (nSPS) is 12.1. The Hall–Kier alpha value is -2.27. The highest BCUT2D eigenvalue weighted by Gasteiger charge is 2.06. The average molecular weight is 257 g/mol. The Balaban J connectivity index is 1.93. The Labute approximate surface area is 111 Å². The van der Waals surface area contributed by atoms with Crippen LogP contribution in [-0.4, -0.2) is 9.91 Å². The molecule has 1 heterocycles. The van der Waals surface area contributed by atoms with Crippen molar-refractivity contribution < 1.29 is 4.92 Å². The van der Waals surface area contributed by atoms with Crippen molar-refractivity contribution in [2.75, 3.05) is 0 Å². The van der Waals surface area contributed by atoms with E-state index in [2.05, 4.69) is 17.2 Å². The number of nitrogens with one attached hydrogen (secondary N) is 1. The van der Waals surface area contributed by atoms with Gasteiger partial charge in [-0.05, 0) is 24.1 Å². The average Bonchev–Trinajstić information content (AvgIpc) is 2.46. The summed E-state index contributed by atoms with van der Waals surface area (Å²) >= 11 is 0. The Morgan fingerprint density at radius 2 is 2.05 bits per heavy atom. The molecule has 0 saturated heterocycles. The lowest BCUT2D eigenvalue weighted by Crippen LogP contribution is -2.18. The molecule has 0 saturated carbocycles. The highest BCUT2D eigenvalue weighted by atomic mass is 16.6. The topological polar surface area (TPSA) is 68.1 Å². The predicted octanol–water partition coefficient (Wildman–Crippen LogP) is 2.84. The van der Waals surface area contributed by atoms with Gasteiger partial charge in [-0.1, -0.05) is 18.2 Å². The van der Waals surface area contributed by atoms with Gasteiger partial charge in [-0.3, -0.25) is 15.1 Å². The summed E-state index contributed by atoms with van der Waals surface area (Å²) in [7, 11) is 0. The lowest BCUT2D eigenvalue weighted by atomic mass is 10.1. The van der Waals surface area contributed by atoms with Gasteiger partial charge < -0.3 is 5.32 Å². The first kappa shape index (κ1) is 13.2. The minimum Gasteiger partial charge on any atom is -0.306 e. The number of non-ortho nitro benzene ring substituents is 1. The molecule has 0 amide bonds. The molecule has 0 aliphatic carbocycles. The standard InChI is InChI=1S/C14H15N3O2/c1-11(13-3-2-8-15-10-13)16-9-12-4-6-14(7-5-12)17(18)19/h2-8,10-11,16H,9H2,1H3/t11-/m0/s1. The van der Waals surface area contributed by atoms with Crippen LogP contribution in [0.2, 0.25) is 0 Å². The molecule has 0 aliphatic heterocycles. The smallest absolute Gasteiger partial charge is 0.269 e. The van der Waals surface area contributed by atoms with Gasteiger partial charge in [0.05, 0.1) is 4.92 Å². The maximum atomic E-state index is 10.5. The summed E-state index contributed by atoms with van der Waals surface area (Å²) in [5.74, 6) is 0. The fourth-order valence-electron chi connectivity index (χ4n) is 1.76. The van der Waals surface area contributed by atoms with Crippen molar-refractivity contribution in [3.8, 4) is 0 Å². The Kier molecular flexibility index (Phi) is 4.20. The molecule has 0 bridgehead atoms. The molecule has 0 fully saturated rings. The Morgan fingerprint density at radius 1 is 1.32 bits per heavy atom. The summed E-state index contributed by atoms with van der Waals surface area (Å²) in [6, 6.07) is 10.7. The molecule has 2 rings (SSSR count). The van der Waals surface area contributed by atoms with E-state index in [-0.39, 0.29) is 11.7 Å². The third-order valence-corrected chi connectivity index (χ3v) is 2.94. The molecule has 0 unspecified atom stereocenters. The number of hydrogen-bond donors (Lipinski definition) is 1. The first-order valence-corrected chi connectivity index (χ1v) is 6.03. The number of rotatable bonds is 5. The summed E-state index contributed by atoms with van der Waals surface area (Å²) in [6.45, 7) is 2.72. The molecule has 1 atom stereocenters. The van der Waals surface area contributed by atoms with Gasteiger partial charge in [0.25, 0.3) is 5.69 Å². The molecule has 98 valence electrons. The van der Waals surface area contributed by atoms with Gasteiger partial charge in [0.2, 0.25) is 0 Å². The molecule has 1 aromatic carbocycles. The molecule has 0 aliphatic rings. The number of hydrogen-bond acceptors (Lipinski definition) is 4. The largest absolute Gasteiger partial charge is 0.306 e. The zero-order valence-electron chi connectivity index (χ0n) is 10.6. The molecular formula is C14H15N3O2. The summed E-state index contributed by atoms with van der Waals surface area (Å²) < 4.78 is 0. The van der Waals surface area contributed by atoms with Gasteiger partial charge in [0.1, 0.15) is 0 Å². The molecular weight excluding hydrogens is 242 g/mol. The fraction of sp³-hybridized carbons (Fsp3) is 0.214. The number of nitro benzene ring substituents is 1. The van der Waals surface area contributed by atoms with Crippen molar-refractivity contribution in [3.63, 3.8) is 0 Å². The Bertz CT molecular complexity index is 540. The molecule has 5 nitrogen and oxygen atoms in total. The molecule has 1 N–H and O–H groups in total. The van der Waals surface area contributed by atoms with Gasteiger partial charge in [-0.2, -0.15) is 0 Å².